The summed E-state index contributed by atoms with van der Waals surface area (Å²) >= 11 is 0. The number of hydrogen-bond donors (Lipinski definition) is 3. The van der Waals surface area contributed by atoms with E-state index in [1.165, 1.54) is 30.0 Å². The molecule has 4 rings (SSSR count). The van der Waals surface area contributed by atoms with Crippen molar-refractivity contribution >= 4 is 11.8 Å². The van der Waals surface area contributed by atoms with E-state index >= 15 is 0 Å². The number of nitrogens with zero attached hydrogens (tertiary/aromatic N) is 2. The maximum absolute atomic E-state index is 14.3. The SMILES string of the molecule is COCc1ccc(OC(F)(F)F)c(CNC(=O)Nc2c(C)c(OCC3CCNCC3F)nn2-c2ccccc2)c1. The molecule has 1 aliphatic rings. The zero-order chi connectivity index (χ0) is 28.7. The van der Waals surface area contributed by atoms with E-state index in [1.54, 1.807) is 31.2 Å². The standard InChI is InChI=1S/C27H31F4N5O4/c1-17-24(34-26(37)33-13-20-12-18(15-38-2)8-9-23(20)40-27(29,30)31)36(21-6-4-3-5-7-21)35-25(17)39-16-19-10-11-32-14-22(19)28/h3-9,12,19,22,32H,10-11,13-16H2,1-2H3,(H2,33,34,37). The Morgan fingerprint density at radius 1 is 1.20 bits per heavy atom. The third kappa shape index (κ3) is 7.63. The maximum Gasteiger partial charge on any atom is 0.573 e. The van der Waals surface area contributed by atoms with Crippen LogP contribution in [0.2, 0.25) is 0 Å². The zero-order valence-corrected chi connectivity index (χ0v) is 22.1. The predicted molar refractivity (Wildman–Crippen MR) is 139 cm³/mol. The molecule has 9 nitrogen and oxygen atoms in total. The van der Waals surface area contributed by atoms with Gasteiger partial charge in [0.15, 0.2) is 0 Å². The van der Waals surface area contributed by atoms with E-state index in [9.17, 15) is 22.4 Å². The Labute approximate surface area is 228 Å². The van der Waals surface area contributed by atoms with Gasteiger partial charge in [-0.25, -0.2) is 13.9 Å². The van der Waals surface area contributed by atoms with Gasteiger partial charge in [-0.3, -0.25) is 5.32 Å². The maximum atomic E-state index is 14.3. The largest absolute Gasteiger partial charge is 0.573 e. The van der Waals surface area contributed by atoms with Gasteiger partial charge in [0.1, 0.15) is 17.7 Å². The lowest BCUT2D eigenvalue weighted by molar-refractivity contribution is -0.274. The second-order valence-electron chi connectivity index (χ2n) is 9.34. The summed E-state index contributed by atoms with van der Waals surface area (Å²) < 4.78 is 69.6. The van der Waals surface area contributed by atoms with Gasteiger partial charge in [0.2, 0.25) is 5.88 Å². The van der Waals surface area contributed by atoms with Crippen LogP contribution in [-0.4, -0.2) is 55.2 Å². The molecule has 40 heavy (non-hydrogen) atoms. The molecule has 216 valence electrons. The number of anilines is 1. The number of amides is 2. The summed E-state index contributed by atoms with van der Waals surface area (Å²) in [6.07, 6.45) is -5.31. The van der Waals surface area contributed by atoms with E-state index in [-0.39, 0.29) is 43.7 Å². The number of aromatic nitrogens is 2. The van der Waals surface area contributed by atoms with Crippen molar-refractivity contribution in [1.29, 1.82) is 0 Å². The van der Waals surface area contributed by atoms with Crippen molar-refractivity contribution in [1.82, 2.24) is 20.4 Å². The lowest BCUT2D eigenvalue weighted by Crippen LogP contribution is -2.40. The van der Waals surface area contributed by atoms with E-state index in [2.05, 4.69) is 25.8 Å². The van der Waals surface area contributed by atoms with Gasteiger partial charge in [0.05, 0.1) is 24.5 Å². The van der Waals surface area contributed by atoms with Gasteiger partial charge < -0.3 is 24.8 Å². The molecule has 1 aromatic heterocycles. The van der Waals surface area contributed by atoms with Gasteiger partial charge in [0, 0.05) is 31.7 Å². The van der Waals surface area contributed by atoms with Gasteiger partial charge >= 0.3 is 12.4 Å². The van der Waals surface area contributed by atoms with E-state index in [4.69, 9.17) is 9.47 Å². The Morgan fingerprint density at radius 2 is 1.98 bits per heavy atom. The zero-order valence-electron chi connectivity index (χ0n) is 22.1. The number of hydrogen-bond acceptors (Lipinski definition) is 6. The number of piperidine rings is 1. The summed E-state index contributed by atoms with van der Waals surface area (Å²) in [4.78, 5) is 12.9. The number of para-hydroxylation sites is 1. The first-order valence-electron chi connectivity index (χ1n) is 12.7. The lowest BCUT2D eigenvalue weighted by Gasteiger charge is -2.26. The van der Waals surface area contributed by atoms with Crippen LogP contribution in [0.5, 0.6) is 11.6 Å². The van der Waals surface area contributed by atoms with Crippen LogP contribution in [0, 0.1) is 12.8 Å². The molecule has 1 saturated heterocycles. The van der Waals surface area contributed by atoms with Crippen LogP contribution < -0.4 is 25.4 Å². The minimum atomic E-state index is -4.90. The molecule has 1 aliphatic heterocycles. The number of urea groups is 1. The van der Waals surface area contributed by atoms with Crippen molar-refractivity contribution < 1.29 is 36.6 Å². The average Bonchev–Trinajstić information content (AvgIpc) is 3.22. The highest BCUT2D eigenvalue weighted by Crippen LogP contribution is 2.30. The minimum Gasteiger partial charge on any atom is -0.476 e. The van der Waals surface area contributed by atoms with Crippen LogP contribution in [0.25, 0.3) is 5.69 Å². The molecule has 1 fully saturated rings. The molecule has 0 radical (unpaired) electrons. The molecule has 3 aromatic rings. The number of carbonyl (C=O) groups excluding carboxylic acids is 1. The highest BCUT2D eigenvalue weighted by molar-refractivity contribution is 5.89. The van der Waals surface area contributed by atoms with Crippen LogP contribution in [0.15, 0.2) is 48.5 Å². The monoisotopic (exact) mass is 565 g/mol. The second kappa shape index (κ2) is 13.0. The third-order valence-corrected chi connectivity index (χ3v) is 6.39. The van der Waals surface area contributed by atoms with E-state index in [1.807, 2.05) is 6.07 Å². The topological polar surface area (TPSA) is 98.7 Å². The molecule has 0 aliphatic carbocycles. The Bertz CT molecular complexity index is 1290. The van der Waals surface area contributed by atoms with Gasteiger partial charge in [-0.05, 0) is 49.7 Å². The third-order valence-electron chi connectivity index (χ3n) is 6.39. The van der Waals surface area contributed by atoms with Gasteiger partial charge in [-0.15, -0.1) is 18.3 Å². The van der Waals surface area contributed by atoms with E-state index < -0.39 is 24.3 Å². The number of alkyl halides is 4. The van der Waals surface area contributed by atoms with Crippen LogP contribution in [0.1, 0.15) is 23.1 Å². The molecular formula is C27H31F4N5O4. The number of rotatable bonds is 10. The fourth-order valence-corrected chi connectivity index (χ4v) is 4.34. The Morgan fingerprint density at radius 3 is 2.67 bits per heavy atom. The molecule has 0 saturated carbocycles. The summed E-state index contributed by atoms with van der Waals surface area (Å²) in [7, 11) is 1.46. The minimum absolute atomic E-state index is 0.113. The summed E-state index contributed by atoms with van der Waals surface area (Å²) in [5, 5.41) is 12.8. The van der Waals surface area contributed by atoms with Crippen LogP contribution in [0.3, 0.4) is 0 Å². The molecule has 2 amide bonds. The van der Waals surface area contributed by atoms with E-state index in [0.29, 0.717) is 35.6 Å². The summed E-state index contributed by atoms with van der Waals surface area (Å²) in [6.45, 7) is 2.71. The first kappa shape index (κ1) is 29.2. The number of ether oxygens (including phenoxy) is 3. The fraction of sp³-hybridized carbons (Fsp3) is 0.407. The summed E-state index contributed by atoms with van der Waals surface area (Å²) in [6, 6.07) is 12.4. The molecule has 2 heterocycles. The number of carbonyl (C=O) groups is 1. The average molecular weight is 566 g/mol. The van der Waals surface area contributed by atoms with Gasteiger partial charge in [-0.2, -0.15) is 0 Å². The molecular weight excluding hydrogens is 534 g/mol. The second-order valence-corrected chi connectivity index (χ2v) is 9.34. The molecule has 13 heteroatoms. The summed E-state index contributed by atoms with van der Waals surface area (Å²) in [5.41, 5.74) is 1.86. The van der Waals surface area contributed by atoms with Crippen molar-refractivity contribution in [3.63, 3.8) is 0 Å². The van der Waals surface area contributed by atoms with Crippen molar-refractivity contribution in [2.45, 2.75) is 39.0 Å². The number of benzene rings is 2. The molecule has 0 spiro atoms. The molecule has 2 unspecified atom stereocenters. The molecule has 2 aromatic carbocycles. The Balaban J connectivity index is 1.52. The van der Waals surface area contributed by atoms with Crippen molar-refractivity contribution in [3.8, 4) is 17.3 Å². The molecule has 0 bridgehead atoms. The molecule has 2 atom stereocenters. The Hall–Kier alpha value is -3.84. The van der Waals surface area contributed by atoms with E-state index in [0.717, 1.165) is 0 Å². The van der Waals surface area contributed by atoms with Gasteiger partial charge in [-0.1, -0.05) is 24.3 Å². The highest BCUT2D eigenvalue weighted by Gasteiger charge is 2.32. The number of halogens is 4. The smallest absolute Gasteiger partial charge is 0.476 e. The quantitative estimate of drug-likeness (QED) is 0.304. The first-order chi connectivity index (χ1) is 19.1. The van der Waals surface area contributed by atoms with Crippen molar-refractivity contribution in [3.05, 3.63) is 65.2 Å². The normalized spacial score (nSPS) is 17.4. The van der Waals surface area contributed by atoms with Gasteiger partial charge in [0.25, 0.3) is 0 Å². The first-order valence-corrected chi connectivity index (χ1v) is 12.7. The highest BCUT2D eigenvalue weighted by atomic mass is 19.4. The van der Waals surface area contributed by atoms with Crippen molar-refractivity contribution in [2.24, 2.45) is 5.92 Å². The van der Waals surface area contributed by atoms with Crippen LogP contribution in [-0.2, 0) is 17.9 Å². The number of nitrogens with one attached hydrogen (secondary N) is 3. The Kier molecular flexibility index (Phi) is 9.48. The summed E-state index contributed by atoms with van der Waals surface area (Å²) in [5.74, 6) is -0.194. The van der Waals surface area contributed by atoms with Crippen molar-refractivity contribution in [2.75, 3.05) is 32.1 Å². The fourth-order valence-electron chi connectivity index (χ4n) is 4.34. The molecule has 3 N–H and O–H groups in total. The van der Waals surface area contributed by atoms with Crippen LogP contribution in [0.4, 0.5) is 28.2 Å². The van der Waals surface area contributed by atoms with Crippen LogP contribution >= 0.6 is 0 Å². The lowest BCUT2D eigenvalue weighted by atomic mass is 9.97. The number of methoxy groups -OCH3 is 1. The predicted octanol–water partition coefficient (Wildman–Crippen LogP) is 4.87.